The van der Waals surface area contributed by atoms with Gasteiger partial charge in [0.05, 0.1) is 39.9 Å². The zero-order valence-corrected chi connectivity index (χ0v) is 47.6. The highest BCUT2D eigenvalue weighted by molar-refractivity contribution is 7.47. The number of allylic oxidation sites excluding steroid dienone is 16. The van der Waals surface area contributed by atoms with Crippen LogP contribution in [0.3, 0.4) is 0 Å². The molecule has 71 heavy (non-hydrogen) atoms. The van der Waals surface area contributed by atoms with E-state index in [4.69, 9.17) is 9.05 Å². The zero-order chi connectivity index (χ0) is 52.0. The highest BCUT2D eigenvalue weighted by Gasteiger charge is 2.28. The van der Waals surface area contributed by atoms with Crippen LogP contribution in [-0.2, 0) is 18.4 Å². The molecule has 0 radical (unpaired) electrons. The van der Waals surface area contributed by atoms with E-state index >= 15 is 0 Å². The number of hydrogen-bond acceptors (Lipinski definition) is 5. The van der Waals surface area contributed by atoms with E-state index in [1.807, 2.05) is 21.1 Å². The molecule has 0 aliphatic carbocycles. The van der Waals surface area contributed by atoms with Gasteiger partial charge in [-0.2, -0.15) is 0 Å². The van der Waals surface area contributed by atoms with E-state index in [9.17, 15) is 19.4 Å². The number of unbranched alkanes of at least 4 members (excludes halogenated alkanes) is 23. The molecule has 0 rings (SSSR count). The van der Waals surface area contributed by atoms with E-state index in [1.165, 1.54) is 116 Å². The molecule has 8 nitrogen and oxygen atoms in total. The number of rotatable bonds is 52. The highest BCUT2D eigenvalue weighted by atomic mass is 31.2. The van der Waals surface area contributed by atoms with Crippen LogP contribution in [0, 0.1) is 0 Å². The molecule has 410 valence electrons. The number of nitrogens with one attached hydrogen (secondary N) is 1. The molecule has 0 fully saturated rings. The molecule has 0 aromatic rings. The molecule has 0 saturated heterocycles. The molecule has 9 heteroatoms. The van der Waals surface area contributed by atoms with Gasteiger partial charge in [0.1, 0.15) is 13.2 Å². The summed E-state index contributed by atoms with van der Waals surface area (Å²) in [6, 6.07) is -0.768. The van der Waals surface area contributed by atoms with Crippen LogP contribution in [-0.4, -0.2) is 73.4 Å². The van der Waals surface area contributed by atoms with Gasteiger partial charge in [0.15, 0.2) is 0 Å². The van der Waals surface area contributed by atoms with Crippen LogP contribution < -0.4 is 5.32 Å². The maximum atomic E-state index is 13.0. The smallest absolute Gasteiger partial charge is 0.391 e. The van der Waals surface area contributed by atoms with Crippen molar-refractivity contribution < 1.29 is 32.9 Å². The van der Waals surface area contributed by atoms with E-state index in [0.717, 1.165) is 96.3 Å². The van der Waals surface area contributed by atoms with Crippen molar-refractivity contribution in [3.63, 3.8) is 0 Å². The second-order valence-electron chi connectivity index (χ2n) is 20.6. The standard InChI is InChI=1S/C62H111N2O6P/c1-6-8-10-12-14-16-18-20-22-23-24-25-26-27-28-29-30-31-32-33-34-35-36-37-38-39-40-41-42-44-46-48-50-52-54-56-62(66)63-60(59-70-71(67,68)69-58-57-64(3,4)5)61(65)55-53-51-49-47-45-43-21-19-17-15-13-11-9-7-2/h8,10,14,16,20,22,24-25,27-28,30-31,33-34,36-37,60-61,65H,6-7,9,11-13,15,17-19,21,23,26,29,32,35,38-59H2,1-5H3,(H-,63,66,67,68)/p+1/b10-8-,16-14-,22-20-,25-24-,28-27-,31-30-,34-33-,37-36-. The van der Waals surface area contributed by atoms with Crippen molar-refractivity contribution >= 4 is 13.7 Å². The Morgan fingerprint density at radius 3 is 1.24 bits per heavy atom. The molecule has 0 aliphatic rings. The van der Waals surface area contributed by atoms with Crippen LogP contribution in [0.1, 0.15) is 239 Å². The van der Waals surface area contributed by atoms with Crippen LogP contribution in [0.15, 0.2) is 97.2 Å². The Morgan fingerprint density at radius 1 is 0.493 bits per heavy atom. The van der Waals surface area contributed by atoms with E-state index in [0.29, 0.717) is 23.9 Å². The third kappa shape index (κ3) is 55.0. The number of carbonyl (C=O) groups excluding carboxylic acids is 1. The molecule has 0 aromatic heterocycles. The molecule has 3 N–H and O–H groups in total. The zero-order valence-electron chi connectivity index (χ0n) is 46.7. The first-order valence-corrected chi connectivity index (χ1v) is 30.6. The largest absolute Gasteiger partial charge is 0.472 e. The second-order valence-corrected chi connectivity index (χ2v) is 22.1. The summed E-state index contributed by atoms with van der Waals surface area (Å²) >= 11 is 0. The normalized spacial score (nSPS) is 14.6. The lowest BCUT2D eigenvalue weighted by atomic mass is 10.0. The van der Waals surface area contributed by atoms with Crippen molar-refractivity contribution in [2.45, 2.75) is 251 Å². The fourth-order valence-corrected chi connectivity index (χ4v) is 8.80. The summed E-state index contributed by atoms with van der Waals surface area (Å²) in [5.74, 6) is -0.152. The van der Waals surface area contributed by atoms with Gasteiger partial charge in [-0.15, -0.1) is 0 Å². The Labute approximate surface area is 439 Å². The molecule has 3 unspecified atom stereocenters. The summed E-state index contributed by atoms with van der Waals surface area (Å²) in [7, 11) is 1.60. The first-order chi connectivity index (χ1) is 34.5. The molecular weight excluding hydrogens is 900 g/mol. The number of phosphoric acid groups is 1. The van der Waals surface area contributed by atoms with E-state index in [1.54, 1.807) is 0 Å². The number of phosphoric ester groups is 1. The summed E-state index contributed by atoms with van der Waals surface area (Å²) in [4.78, 5) is 23.3. The van der Waals surface area contributed by atoms with Crippen molar-refractivity contribution in [1.29, 1.82) is 0 Å². The van der Waals surface area contributed by atoms with E-state index in [-0.39, 0.29) is 19.1 Å². The van der Waals surface area contributed by atoms with Crippen LogP contribution in [0.2, 0.25) is 0 Å². The van der Waals surface area contributed by atoms with Crippen LogP contribution >= 0.6 is 7.82 Å². The molecule has 0 bridgehead atoms. The summed E-state index contributed by atoms with van der Waals surface area (Å²) in [6.45, 7) is 4.77. The number of aliphatic hydroxyl groups is 1. The van der Waals surface area contributed by atoms with Gasteiger partial charge in [0.2, 0.25) is 5.91 Å². The van der Waals surface area contributed by atoms with Crippen molar-refractivity contribution in [2.24, 2.45) is 0 Å². The number of nitrogens with zero attached hydrogens (tertiary/aromatic N) is 1. The first-order valence-electron chi connectivity index (χ1n) is 29.1. The molecule has 0 spiro atoms. The molecule has 3 atom stereocenters. The SMILES string of the molecule is CC/C=C\C/C=C\C/C=C\C/C=C\C/C=C\C/C=C\C/C=C\C/C=C\CCCCCCCCCCCCC(=O)NC(COP(=O)(O)OCC[N+](C)(C)C)C(O)CCCCCCCCCCCCCCCC. The highest BCUT2D eigenvalue weighted by Crippen LogP contribution is 2.43. The molecule has 0 aromatic carbocycles. The molecule has 0 saturated carbocycles. The van der Waals surface area contributed by atoms with E-state index in [2.05, 4.69) is 116 Å². The average molecular weight is 1010 g/mol. The Balaban J connectivity index is 4.11. The third-order valence-electron chi connectivity index (χ3n) is 12.6. The summed E-state index contributed by atoms with van der Waals surface area (Å²) in [5, 5.41) is 14.0. The fourth-order valence-electron chi connectivity index (χ4n) is 8.06. The van der Waals surface area contributed by atoms with Crippen LogP contribution in [0.5, 0.6) is 0 Å². The van der Waals surface area contributed by atoms with Gasteiger partial charge < -0.3 is 19.8 Å². The van der Waals surface area contributed by atoms with Gasteiger partial charge in [-0.05, 0) is 77.0 Å². The maximum absolute atomic E-state index is 13.0. The predicted molar refractivity (Wildman–Crippen MR) is 309 cm³/mol. The number of amides is 1. The third-order valence-corrected chi connectivity index (χ3v) is 13.6. The Hall–Kier alpha value is -2.58. The fraction of sp³-hybridized carbons (Fsp3) is 0.726. The maximum Gasteiger partial charge on any atom is 0.472 e. The Kier molecular flexibility index (Phi) is 50.4. The summed E-state index contributed by atoms with van der Waals surface area (Å²) in [5.41, 5.74) is 0. The molecular formula is C62H112N2O6P+. The number of aliphatic hydroxyl groups excluding tert-OH is 1. The quantitative estimate of drug-likeness (QED) is 0.0243. The minimum absolute atomic E-state index is 0.0700. The molecule has 1 amide bonds. The van der Waals surface area contributed by atoms with Crippen molar-refractivity contribution in [2.75, 3.05) is 40.9 Å². The van der Waals surface area contributed by atoms with Gasteiger partial charge in [-0.1, -0.05) is 252 Å². The number of hydrogen-bond donors (Lipinski definition) is 3. The van der Waals surface area contributed by atoms with E-state index < -0.39 is 20.0 Å². The molecule has 0 heterocycles. The van der Waals surface area contributed by atoms with Crippen molar-refractivity contribution in [3.05, 3.63) is 97.2 Å². The predicted octanol–water partition coefficient (Wildman–Crippen LogP) is 17.8. The number of quaternary nitrogens is 1. The monoisotopic (exact) mass is 1010 g/mol. The lowest BCUT2D eigenvalue weighted by molar-refractivity contribution is -0.870. The minimum atomic E-state index is -4.33. The Morgan fingerprint density at radius 2 is 0.845 bits per heavy atom. The minimum Gasteiger partial charge on any atom is -0.391 e. The molecule has 0 aliphatic heterocycles. The van der Waals surface area contributed by atoms with Gasteiger partial charge >= 0.3 is 7.82 Å². The topological polar surface area (TPSA) is 105 Å². The van der Waals surface area contributed by atoms with Gasteiger partial charge in [-0.3, -0.25) is 13.8 Å². The van der Waals surface area contributed by atoms with Crippen molar-refractivity contribution in [1.82, 2.24) is 5.32 Å². The lowest BCUT2D eigenvalue weighted by Gasteiger charge is -2.26. The van der Waals surface area contributed by atoms with Crippen LogP contribution in [0.25, 0.3) is 0 Å². The first kappa shape index (κ1) is 68.4. The van der Waals surface area contributed by atoms with Gasteiger partial charge in [0, 0.05) is 6.42 Å². The van der Waals surface area contributed by atoms with Gasteiger partial charge in [0.25, 0.3) is 0 Å². The summed E-state index contributed by atoms with van der Waals surface area (Å²) in [6.07, 6.45) is 74.6. The number of carbonyl (C=O) groups is 1. The van der Waals surface area contributed by atoms with Gasteiger partial charge in [-0.25, -0.2) is 4.57 Å². The van der Waals surface area contributed by atoms with Crippen molar-refractivity contribution in [3.8, 4) is 0 Å². The summed E-state index contributed by atoms with van der Waals surface area (Å²) < 4.78 is 23.7. The number of likely N-dealkylation sites (N-methyl/N-ethyl adjacent to an activating group) is 1. The Bertz CT molecular complexity index is 1470. The lowest BCUT2D eigenvalue weighted by Crippen LogP contribution is -2.46. The second kappa shape index (κ2) is 52.3. The average Bonchev–Trinajstić information content (AvgIpc) is 3.33. The van der Waals surface area contributed by atoms with Crippen LogP contribution in [0.4, 0.5) is 0 Å².